The van der Waals surface area contributed by atoms with E-state index in [1.807, 2.05) is 0 Å². The molecule has 1 rings (SSSR count). The first-order chi connectivity index (χ1) is 6.42. The minimum absolute atomic E-state index is 0.0488. The second-order valence-corrected chi connectivity index (χ2v) is 4.56. The number of rotatable bonds is 2. The van der Waals surface area contributed by atoms with Crippen molar-refractivity contribution in [2.75, 3.05) is 0 Å². The van der Waals surface area contributed by atoms with E-state index in [2.05, 4.69) is 0 Å². The summed E-state index contributed by atoms with van der Waals surface area (Å²) < 4.78 is 35.3. The summed E-state index contributed by atoms with van der Waals surface area (Å²) in [5.41, 5.74) is 0. The van der Waals surface area contributed by atoms with Crippen LogP contribution in [0.25, 0.3) is 0 Å². The smallest absolute Gasteiger partial charge is 0.203 e. The highest BCUT2D eigenvalue weighted by Crippen LogP contribution is 2.13. The normalized spacial score (nSPS) is 12.9. The molecule has 0 aliphatic rings. The summed E-state index contributed by atoms with van der Waals surface area (Å²) >= 11 is 0. The maximum absolute atomic E-state index is 12.5. The van der Waals surface area contributed by atoms with Crippen LogP contribution in [-0.4, -0.2) is 13.5 Å². The van der Waals surface area contributed by atoms with Gasteiger partial charge in [0.05, 0.1) is 10.3 Å². The molecule has 1 N–H and O–H groups in total. The molecule has 0 aliphatic heterocycles. The second kappa shape index (κ2) is 3.79. The lowest BCUT2D eigenvalue weighted by atomic mass is 10.4. The van der Waals surface area contributed by atoms with Crippen LogP contribution in [0.15, 0.2) is 40.3 Å². The van der Waals surface area contributed by atoms with Gasteiger partial charge in [-0.15, -0.1) is 0 Å². The van der Waals surface area contributed by atoms with Crippen LogP contribution in [0, 0.1) is 5.82 Å². The monoisotopic (exact) mass is 216 g/mol. The van der Waals surface area contributed by atoms with Crippen LogP contribution in [-0.2, 0) is 9.84 Å². The Morgan fingerprint density at radius 2 is 1.86 bits per heavy atom. The molecule has 0 aromatic heterocycles. The molecular formula is C9H9FO3S. The summed E-state index contributed by atoms with van der Waals surface area (Å²) in [6.07, 6.45) is 0. The van der Waals surface area contributed by atoms with Crippen molar-refractivity contribution < 1.29 is 17.9 Å². The summed E-state index contributed by atoms with van der Waals surface area (Å²) in [5, 5.41) is 9.53. The fraction of sp³-hybridized carbons (Fsp3) is 0.111. The van der Waals surface area contributed by atoms with Gasteiger partial charge in [-0.1, -0.05) is 0 Å². The van der Waals surface area contributed by atoms with Crippen molar-refractivity contribution in [2.45, 2.75) is 11.8 Å². The SMILES string of the molecule is C/C(O)=C/S(=O)(=O)c1ccc(F)cc1. The number of halogens is 1. The molecule has 5 heteroatoms. The molecule has 3 nitrogen and oxygen atoms in total. The third kappa shape index (κ3) is 2.56. The third-order valence-corrected chi connectivity index (χ3v) is 3.05. The number of sulfone groups is 1. The molecule has 0 atom stereocenters. The molecule has 0 saturated heterocycles. The summed E-state index contributed by atoms with van der Waals surface area (Å²) in [6, 6.07) is 4.38. The van der Waals surface area contributed by atoms with Gasteiger partial charge in [-0.25, -0.2) is 12.8 Å². The van der Waals surface area contributed by atoms with Gasteiger partial charge in [-0.3, -0.25) is 0 Å². The van der Waals surface area contributed by atoms with Crippen molar-refractivity contribution in [3.8, 4) is 0 Å². The second-order valence-electron chi connectivity index (χ2n) is 2.76. The molecule has 0 spiro atoms. The maximum Gasteiger partial charge on any atom is 0.203 e. The van der Waals surface area contributed by atoms with Crippen molar-refractivity contribution in [3.05, 3.63) is 41.2 Å². The van der Waals surface area contributed by atoms with Gasteiger partial charge in [0.15, 0.2) is 0 Å². The summed E-state index contributed by atoms with van der Waals surface area (Å²) in [6.45, 7) is 1.25. The molecular weight excluding hydrogens is 207 g/mol. The van der Waals surface area contributed by atoms with E-state index in [1.165, 1.54) is 6.92 Å². The Bertz CT molecular complexity index is 441. The minimum Gasteiger partial charge on any atom is -0.512 e. The zero-order chi connectivity index (χ0) is 10.8. The maximum atomic E-state index is 12.5. The average molecular weight is 216 g/mol. The first kappa shape index (κ1) is 10.7. The van der Waals surface area contributed by atoms with E-state index in [1.54, 1.807) is 0 Å². The Kier molecular flexibility index (Phi) is 2.90. The number of aliphatic hydroxyl groups is 1. The Morgan fingerprint density at radius 1 is 1.36 bits per heavy atom. The van der Waals surface area contributed by atoms with Crippen molar-refractivity contribution in [3.63, 3.8) is 0 Å². The molecule has 0 heterocycles. The zero-order valence-electron chi connectivity index (χ0n) is 7.44. The van der Waals surface area contributed by atoms with Crippen LogP contribution >= 0.6 is 0 Å². The highest BCUT2D eigenvalue weighted by atomic mass is 32.2. The number of hydrogen-bond acceptors (Lipinski definition) is 3. The number of aliphatic hydroxyl groups excluding tert-OH is 1. The van der Waals surface area contributed by atoms with E-state index in [9.17, 15) is 12.8 Å². The first-order valence-corrected chi connectivity index (χ1v) is 5.34. The van der Waals surface area contributed by atoms with Gasteiger partial charge >= 0.3 is 0 Å². The van der Waals surface area contributed by atoms with Crippen LogP contribution < -0.4 is 0 Å². The van der Waals surface area contributed by atoms with E-state index < -0.39 is 15.7 Å². The van der Waals surface area contributed by atoms with Crippen molar-refractivity contribution in [2.24, 2.45) is 0 Å². The van der Waals surface area contributed by atoms with Crippen molar-refractivity contribution in [1.82, 2.24) is 0 Å². The largest absolute Gasteiger partial charge is 0.512 e. The molecule has 0 radical (unpaired) electrons. The summed E-state index contributed by atoms with van der Waals surface area (Å²) in [4.78, 5) is -0.0488. The lowest BCUT2D eigenvalue weighted by Crippen LogP contribution is -1.97. The fourth-order valence-electron chi connectivity index (χ4n) is 0.917. The van der Waals surface area contributed by atoms with Crippen LogP contribution in [0.4, 0.5) is 4.39 Å². The van der Waals surface area contributed by atoms with E-state index in [0.717, 1.165) is 29.7 Å². The molecule has 0 fully saturated rings. The Labute approximate surface area is 81.4 Å². The highest BCUT2D eigenvalue weighted by Gasteiger charge is 2.11. The number of benzene rings is 1. The summed E-state index contributed by atoms with van der Waals surface area (Å²) in [5.74, 6) is -0.817. The molecule has 14 heavy (non-hydrogen) atoms. The molecule has 0 saturated carbocycles. The number of hydrogen-bond donors (Lipinski definition) is 1. The lowest BCUT2D eigenvalue weighted by Gasteiger charge is -1.98. The molecule has 1 aromatic carbocycles. The zero-order valence-corrected chi connectivity index (χ0v) is 8.25. The molecule has 0 aliphatic carbocycles. The van der Waals surface area contributed by atoms with Gasteiger partial charge in [0, 0.05) is 0 Å². The van der Waals surface area contributed by atoms with Crippen LogP contribution in [0.2, 0.25) is 0 Å². The standard InChI is InChI=1S/C9H9FO3S/c1-7(11)6-14(12,13)9-4-2-8(10)3-5-9/h2-6,11H,1H3/b7-6-. The third-order valence-electron chi connectivity index (χ3n) is 1.47. The van der Waals surface area contributed by atoms with Gasteiger partial charge < -0.3 is 5.11 Å². The Hall–Kier alpha value is -1.36. The molecule has 0 unspecified atom stereocenters. The Morgan fingerprint density at radius 3 is 2.29 bits per heavy atom. The predicted octanol–water partition coefficient (Wildman–Crippen LogP) is 2.02. The fourth-order valence-corrected chi connectivity index (χ4v) is 2.02. The lowest BCUT2D eigenvalue weighted by molar-refractivity contribution is 0.415. The average Bonchev–Trinajstić information content (AvgIpc) is 2.02. The van der Waals surface area contributed by atoms with Gasteiger partial charge in [-0.2, -0.15) is 0 Å². The van der Waals surface area contributed by atoms with Gasteiger partial charge in [-0.05, 0) is 31.2 Å². The highest BCUT2D eigenvalue weighted by molar-refractivity contribution is 7.94. The predicted molar refractivity (Wildman–Crippen MR) is 50.0 cm³/mol. The topological polar surface area (TPSA) is 54.4 Å². The van der Waals surface area contributed by atoms with Crippen LogP contribution in [0.5, 0.6) is 0 Å². The first-order valence-electron chi connectivity index (χ1n) is 3.80. The molecule has 76 valence electrons. The van der Waals surface area contributed by atoms with Crippen molar-refractivity contribution >= 4 is 9.84 Å². The van der Waals surface area contributed by atoms with Crippen LogP contribution in [0.1, 0.15) is 6.92 Å². The summed E-state index contributed by atoms with van der Waals surface area (Å²) in [7, 11) is -3.66. The van der Waals surface area contributed by atoms with E-state index >= 15 is 0 Å². The number of allylic oxidation sites excluding steroid dienone is 1. The molecule has 1 aromatic rings. The molecule has 0 amide bonds. The van der Waals surface area contributed by atoms with E-state index in [0.29, 0.717) is 0 Å². The van der Waals surface area contributed by atoms with Gasteiger partial charge in [0.2, 0.25) is 9.84 Å². The van der Waals surface area contributed by atoms with Gasteiger partial charge in [0.1, 0.15) is 11.6 Å². The van der Waals surface area contributed by atoms with Gasteiger partial charge in [0.25, 0.3) is 0 Å². The van der Waals surface area contributed by atoms with Crippen molar-refractivity contribution in [1.29, 1.82) is 0 Å². The minimum atomic E-state index is -3.66. The van der Waals surface area contributed by atoms with Crippen LogP contribution in [0.3, 0.4) is 0 Å². The molecule has 0 bridgehead atoms. The quantitative estimate of drug-likeness (QED) is 0.607. The van der Waals surface area contributed by atoms with E-state index in [-0.39, 0.29) is 10.7 Å². The van der Waals surface area contributed by atoms with E-state index in [4.69, 9.17) is 5.11 Å². The Balaban J connectivity index is 3.18.